The van der Waals surface area contributed by atoms with Crippen LogP contribution in [0.5, 0.6) is 0 Å². The summed E-state index contributed by atoms with van der Waals surface area (Å²) in [5.74, 6) is 1.16. The number of aliphatic imine (C=N–C) groups is 1. The van der Waals surface area contributed by atoms with Gasteiger partial charge in [0.15, 0.2) is 5.17 Å². The van der Waals surface area contributed by atoms with Gasteiger partial charge in [0.2, 0.25) is 5.91 Å². The number of hydrogen-bond acceptors (Lipinski definition) is 5. The molecule has 0 aromatic carbocycles. The number of thioether (sulfide) groups is 1. The highest BCUT2D eigenvalue weighted by Crippen LogP contribution is 2.09. The molecule has 0 bridgehead atoms. The van der Waals surface area contributed by atoms with Gasteiger partial charge >= 0.3 is 0 Å². The largest absolute Gasteiger partial charge is 0.383 e. The molecule has 0 aromatic rings. The summed E-state index contributed by atoms with van der Waals surface area (Å²) >= 11 is 1.72. The van der Waals surface area contributed by atoms with E-state index in [1.54, 1.807) is 18.9 Å². The van der Waals surface area contributed by atoms with Gasteiger partial charge in [-0.1, -0.05) is 11.8 Å². The average Bonchev–Trinajstić information content (AvgIpc) is 2.31. The molecule has 0 radical (unpaired) electrons. The Hall–Kier alpha value is -0.750. The van der Waals surface area contributed by atoms with Crippen LogP contribution in [-0.2, 0) is 9.53 Å². The second-order valence-corrected chi connectivity index (χ2v) is 4.49. The van der Waals surface area contributed by atoms with Crippen LogP contribution >= 0.6 is 11.8 Å². The summed E-state index contributed by atoms with van der Waals surface area (Å²) in [7, 11) is 1.62. The van der Waals surface area contributed by atoms with E-state index in [9.17, 15) is 4.79 Å². The SMILES string of the molecule is COCCNC(=O)CCNC1=NCCCS1. The Kier molecular flexibility index (Phi) is 7.00. The van der Waals surface area contributed by atoms with Crippen molar-refractivity contribution in [3.05, 3.63) is 0 Å². The zero-order chi connectivity index (χ0) is 11.6. The number of rotatable bonds is 6. The highest BCUT2D eigenvalue weighted by Gasteiger charge is 2.05. The normalized spacial score (nSPS) is 15.4. The van der Waals surface area contributed by atoms with Crippen LogP contribution in [0.3, 0.4) is 0 Å². The van der Waals surface area contributed by atoms with Gasteiger partial charge in [-0.2, -0.15) is 0 Å². The van der Waals surface area contributed by atoms with E-state index >= 15 is 0 Å². The fourth-order valence-corrected chi connectivity index (χ4v) is 2.08. The number of nitrogens with zero attached hydrogens (tertiary/aromatic N) is 1. The second kappa shape index (κ2) is 8.41. The third-order valence-corrected chi connectivity index (χ3v) is 3.09. The molecule has 92 valence electrons. The van der Waals surface area contributed by atoms with Gasteiger partial charge in [0.05, 0.1) is 6.61 Å². The van der Waals surface area contributed by atoms with Crippen molar-refractivity contribution in [2.75, 3.05) is 39.1 Å². The number of nitrogens with one attached hydrogen (secondary N) is 2. The number of methoxy groups -OCH3 is 1. The lowest BCUT2D eigenvalue weighted by atomic mass is 10.4. The fraction of sp³-hybridized carbons (Fsp3) is 0.800. The monoisotopic (exact) mass is 245 g/mol. The second-order valence-electron chi connectivity index (χ2n) is 3.41. The molecule has 16 heavy (non-hydrogen) atoms. The van der Waals surface area contributed by atoms with Crippen molar-refractivity contribution in [1.82, 2.24) is 10.6 Å². The quantitative estimate of drug-likeness (QED) is 0.657. The van der Waals surface area contributed by atoms with Crippen molar-refractivity contribution in [3.63, 3.8) is 0 Å². The number of carbonyl (C=O) groups excluding carboxylic acids is 1. The fourth-order valence-electron chi connectivity index (χ4n) is 1.23. The van der Waals surface area contributed by atoms with E-state index in [-0.39, 0.29) is 5.91 Å². The maximum Gasteiger partial charge on any atom is 0.221 e. The van der Waals surface area contributed by atoms with Gasteiger partial charge in [-0.25, -0.2) is 0 Å². The van der Waals surface area contributed by atoms with Crippen LogP contribution in [0.4, 0.5) is 0 Å². The Morgan fingerprint density at radius 1 is 1.56 bits per heavy atom. The molecule has 6 heteroatoms. The van der Waals surface area contributed by atoms with E-state index in [4.69, 9.17) is 4.74 Å². The molecule has 5 nitrogen and oxygen atoms in total. The molecule has 0 spiro atoms. The number of ether oxygens (including phenoxy) is 1. The third-order valence-electron chi connectivity index (χ3n) is 2.05. The van der Waals surface area contributed by atoms with Crippen molar-refractivity contribution < 1.29 is 9.53 Å². The van der Waals surface area contributed by atoms with Gasteiger partial charge in [-0.05, 0) is 6.42 Å². The summed E-state index contributed by atoms with van der Waals surface area (Å²) in [5.41, 5.74) is 0. The van der Waals surface area contributed by atoms with Gasteiger partial charge < -0.3 is 15.4 Å². The van der Waals surface area contributed by atoms with Crippen LogP contribution in [0.1, 0.15) is 12.8 Å². The third kappa shape index (κ3) is 5.97. The molecule has 0 saturated carbocycles. The number of amidine groups is 1. The molecule has 2 N–H and O–H groups in total. The zero-order valence-electron chi connectivity index (χ0n) is 9.62. The number of carbonyl (C=O) groups is 1. The molecule has 0 unspecified atom stereocenters. The molecule has 1 rings (SSSR count). The van der Waals surface area contributed by atoms with Crippen LogP contribution in [-0.4, -0.2) is 50.2 Å². The predicted octanol–water partition coefficient (Wildman–Crippen LogP) is 0.222. The summed E-state index contributed by atoms with van der Waals surface area (Å²) in [6.07, 6.45) is 1.62. The van der Waals surface area contributed by atoms with Gasteiger partial charge in [0.25, 0.3) is 0 Å². The molecule has 1 heterocycles. The average molecular weight is 245 g/mol. The van der Waals surface area contributed by atoms with Gasteiger partial charge in [0, 0.05) is 38.9 Å². The predicted molar refractivity (Wildman–Crippen MR) is 66.9 cm³/mol. The topological polar surface area (TPSA) is 62.7 Å². The maximum atomic E-state index is 11.3. The van der Waals surface area contributed by atoms with Crippen molar-refractivity contribution in [1.29, 1.82) is 0 Å². The van der Waals surface area contributed by atoms with E-state index in [0.717, 1.165) is 23.9 Å². The molecule has 0 saturated heterocycles. The van der Waals surface area contributed by atoms with E-state index < -0.39 is 0 Å². The summed E-state index contributed by atoms with van der Waals surface area (Å²) in [4.78, 5) is 15.6. The Morgan fingerprint density at radius 2 is 2.44 bits per heavy atom. The molecule has 0 fully saturated rings. The van der Waals surface area contributed by atoms with Crippen LogP contribution in [0.2, 0.25) is 0 Å². The lowest BCUT2D eigenvalue weighted by molar-refractivity contribution is -0.121. The first-order chi connectivity index (χ1) is 7.83. The van der Waals surface area contributed by atoms with E-state index in [0.29, 0.717) is 26.1 Å². The lowest BCUT2D eigenvalue weighted by Gasteiger charge is -2.12. The van der Waals surface area contributed by atoms with E-state index in [1.807, 2.05) is 0 Å². The molecule has 1 amide bonds. The standard InChI is InChI=1S/C10H19N3O2S/c1-15-7-6-11-9(14)3-5-13-10-12-4-2-8-16-10/h2-8H2,1H3,(H,11,14)(H,12,13). The molecule has 1 aliphatic rings. The van der Waals surface area contributed by atoms with Gasteiger partial charge in [0.1, 0.15) is 0 Å². The molecule has 0 aromatic heterocycles. The lowest BCUT2D eigenvalue weighted by Crippen LogP contribution is -2.32. The highest BCUT2D eigenvalue weighted by molar-refractivity contribution is 8.13. The summed E-state index contributed by atoms with van der Waals surface area (Å²) in [6, 6.07) is 0. The number of amides is 1. The van der Waals surface area contributed by atoms with Crippen molar-refractivity contribution in [2.24, 2.45) is 4.99 Å². The number of hydrogen-bond donors (Lipinski definition) is 2. The van der Waals surface area contributed by atoms with Crippen LogP contribution in [0.15, 0.2) is 4.99 Å². The molecule has 0 aliphatic carbocycles. The first-order valence-electron chi connectivity index (χ1n) is 5.49. The minimum atomic E-state index is 0.0472. The Balaban J connectivity index is 2.01. The van der Waals surface area contributed by atoms with Crippen LogP contribution in [0, 0.1) is 0 Å². The summed E-state index contributed by atoms with van der Waals surface area (Å²) < 4.78 is 4.84. The van der Waals surface area contributed by atoms with E-state index in [1.165, 1.54) is 0 Å². The van der Waals surface area contributed by atoms with E-state index in [2.05, 4.69) is 15.6 Å². The Bertz CT molecular complexity index is 246. The molecular weight excluding hydrogens is 226 g/mol. The van der Waals surface area contributed by atoms with Crippen molar-refractivity contribution in [3.8, 4) is 0 Å². The van der Waals surface area contributed by atoms with Gasteiger partial charge in [-0.3, -0.25) is 9.79 Å². The van der Waals surface area contributed by atoms with Gasteiger partial charge in [-0.15, -0.1) is 0 Å². The summed E-state index contributed by atoms with van der Waals surface area (Å²) in [6.45, 7) is 2.67. The van der Waals surface area contributed by atoms with Crippen LogP contribution < -0.4 is 10.6 Å². The van der Waals surface area contributed by atoms with Crippen molar-refractivity contribution in [2.45, 2.75) is 12.8 Å². The zero-order valence-corrected chi connectivity index (χ0v) is 10.4. The Morgan fingerprint density at radius 3 is 3.12 bits per heavy atom. The smallest absolute Gasteiger partial charge is 0.221 e. The maximum absolute atomic E-state index is 11.3. The first kappa shape index (κ1) is 13.3. The molecular formula is C10H19N3O2S. The van der Waals surface area contributed by atoms with Crippen molar-refractivity contribution >= 4 is 22.8 Å². The Labute approximate surface area is 100 Å². The minimum Gasteiger partial charge on any atom is -0.383 e. The van der Waals surface area contributed by atoms with Crippen LogP contribution in [0.25, 0.3) is 0 Å². The highest BCUT2D eigenvalue weighted by atomic mass is 32.2. The first-order valence-corrected chi connectivity index (χ1v) is 6.48. The molecule has 1 aliphatic heterocycles. The molecule has 0 atom stereocenters. The summed E-state index contributed by atoms with van der Waals surface area (Å²) in [5, 5.41) is 6.90. The minimum absolute atomic E-state index is 0.0472.